The van der Waals surface area contributed by atoms with E-state index >= 15 is 0 Å². The molecule has 5 heteroatoms. The fourth-order valence-corrected chi connectivity index (χ4v) is 3.08. The second kappa shape index (κ2) is 7.47. The average Bonchev–Trinajstić information content (AvgIpc) is 3.10. The molecule has 0 radical (unpaired) electrons. The molecular formula is C20H23N3O2. The van der Waals surface area contributed by atoms with Gasteiger partial charge in [-0.3, -0.25) is 9.59 Å². The summed E-state index contributed by atoms with van der Waals surface area (Å²) < 4.78 is 1.31. The van der Waals surface area contributed by atoms with E-state index in [1.807, 2.05) is 29.2 Å². The van der Waals surface area contributed by atoms with Crippen LogP contribution in [0.1, 0.15) is 36.5 Å². The van der Waals surface area contributed by atoms with Crippen LogP contribution in [0.2, 0.25) is 0 Å². The van der Waals surface area contributed by atoms with Crippen molar-refractivity contribution in [3.8, 4) is 11.3 Å². The van der Waals surface area contributed by atoms with Gasteiger partial charge >= 0.3 is 0 Å². The van der Waals surface area contributed by atoms with Crippen molar-refractivity contribution in [1.82, 2.24) is 14.7 Å². The van der Waals surface area contributed by atoms with Crippen molar-refractivity contribution in [1.29, 1.82) is 0 Å². The highest BCUT2D eigenvalue weighted by molar-refractivity contribution is 5.95. The van der Waals surface area contributed by atoms with Crippen molar-refractivity contribution < 1.29 is 4.79 Å². The monoisotopic (exact) mass is 337 g/mol. The lowest BCUT2D eigenvalue weighted by atomic mass is 10.1. The molecular weight excluding hydrogens is 314 g/mol. The molecule has 0 saturated carbocycles. The van der Waals surface area contributed by atoms with Crippen LogP contribution in [0.15, 0.2) is 53.3 Å². The quantitative estimate of drug-likeness (QED) is 0.788. The smallest absolute Gasteiger partial charge is 0.266 e. The lowest BCUT2D eigenvalue weighted by Crippen LogP contribution is -2.36. The normalized spacial score (nSPS) is 16.4. The van der Waals surface area contributed by atoms with E-state index in [4.69, 9.17) is 0 Å². The molecule has 0 bridgehead atoms. The van der Waals surface area contributed by atoms with Crippen LogP contribution in [-0.2, 0) is 7.05 Å². The zero-order valence-corrected chi connectivity index (χ0v) is 14.7. The number of carbonyl (C=O) groups excluding carboxylic acids is 1. The Morgan fingerprint density at radius 3 is 2.64 bits per heavy atom. The fourth-order valence-electron chi connectivity index (χ4n) is 3.08. The minimum absolute atomic E-state index is 0.0612. The van der Waals surface area contributed by atoms with Crippen molar-refractivity contribution in [3.05, 3.63) is 64.5 Å². The summed E-state index contributed by atoms with van der Waals surface area (Å²) in [6.07, 6.45) is 7.47. The van der Waals surface area contributed by atoms with Gasteiger partial charge in [-0.15, -0.1) is 0 Å². The molecule has 1 aliphatic heterocycles. The zero-order valence-electron chi connectivity index (χ0n) is 14.7. The molecule has 1 aromatic heterocycles. The molecule has 0 aliphatic carbocycles. The molecule has 0 fully saturated rings. The summed E-state index contributed by atoms with van der Waals surface area (Å²) in [5.41, 5.74) is 2.13. The van der Waals surface area contributed by atoms with Gasteiger partial charge in [0, 0.05) is 30.8 Å². The topological polar surface area (TPSA) is 55.2 Å². The Morgan fingerprint density at radius 1 is 1.20 bits per heavy atom. The first-order valence-electron chi connectivity index (χ1n) is 8.72. The number of hydrogen-bond acceptors (Lipinski definition) is 3. The number of aryl methyl sites for hydroxylation is 1. The maximum atomic E-state index is 12.8. The Morgan fingerprint density at radius 2 is 1.96 bits per heavy atom. The molecule has 3 rings (SSSR count). The number of hydrogen-bond donors (Lipinski definition) is 0. The molecule has 130 valence electrons. The number of rotatable bonds is 5. The zero-order chi connectivity index (χ0) is 17.8. The maximum absolute atomic E-state index is 12.8. The molecule has 25 heavy (non-hydrogen) atoms. The maximum Gasteiger partial charge on any atom is 0.266 e. The van der Waals surface area contributed by atoms with E-state index in [1.165, 1.54) is 10.7 Å². The van der Waals surface area contributed by atoms with Gasteiger partial charge in [0.05, 0.1) is 11.7 Å². The second-order valence-electron chi connectivity index (χ2n) is 6.35. The summed E-state index contributed by atoms with van der Waals surface area (Å²) in [6, 6.07) is 10.8. The summed E-state index contributed by atoms with van der Waals surface area (Å²) in [4.78, 5) is 26.2. The first kappa shape index (κ1) is 17.1. The van der Waals surface area contributed by atoms with Crippen molar-refractivity contribution in [2.45, 2.75) is 32.2 Å². The summed E-state index contributed by atoms with van der Waals surface area (Å²) >= 11 is 0. The number of amides is 1. The van der Waals surface area contributed by atoms with E-state index in [0.29, 0.717) is 17.8 Å². The summed E-state index contributed by atoms with van der Waals surface area (Å²) in [5.74, 6) is 0.0612. The van der Waals surface area contributed by atoms with E-state index < -0.39 is 0 Å². The van der Waals surface area contributed by atoms with Gasteiger partial charge < -0.3 is 4.90 Å². The predicted octanol–water partition coefficient (Wildman–Crippen LogP) is 3.02. The highest BCUT2D eigenvalue weighted by Crippen LogP contribution is 2.21. The molecule has 2 heterocycles. The Hall–Kier alpha value is -2.69. The minimum atomic E-state index is -0.143. The van der Waals surface area contributed by atoms with Gasteiger partial charge in [0.2, 0.25) is 0 Å². The third-order valence-corrected chi connectivity index (χ3v) is 4.56. The lowest BCUT2D eigenvalue weighted by Gasteiger charge is -2.24. The Kier molecular flexibility index (Phi) is 5.12. The van der Waals surface area contributed by atoms with Gasteiger partial charge in [-0.2, -0.15) is 5.10 Å². The van der Waals surface area contributed by atoms with Gasteiger partial charge in [0.15, 0.2) is 0 Å². The number of carbonyl (C=O) groups is 1. The van der Waals surface area contributed by atoms with Gasteiger partial charge in [0.25, 0.3) is 11.5 Å². The molecule has 0 spiro atoms. The molecule has 0 unspecified atom stereocenters. The van der Waals surface area contributed by atoms with E-state index in [9.17, 15) is 9.59 Å². The molecule has 1 aliphatic rings. The molecule has 0 saturated heterocycles. The Bertz CT molecular complexity index is 837. The van der Waals surface area contributed by atoms with Crippen LogP contribution in [0.5, 0.6) is 0 Å². The molecule has 1 aromatic carbocycles. The van der Waals surface area contributed by atoms with Crippen LogP contribution in [0, 0.1) is 0 Å². The van der Waals surface area contributed by atoms with Crippen LogP contribution in [-0.4, -0.2) is 33.2 Å². The van der Waals surface area contributed by atoms with E-state index in [0.717, 1.165) is 24.8 Å². The van der Waals surface area contributed by atoms with Crippen LogP contribution >= 0.6 is 0 Å². The SMILES string of the molecule is CCCC[C@@H]1C=CCN1C(=O)c1ccc(-c2ccc(=O)n(C)n2)cc1. The average molecular weight is 337 g/mol. The summed E-state index contributed by atoms with van der Waals surface area (Å²) in [7, 11) is 1.63. The molecule has 0 N–H and O–H groups in total. The van der Waals surface area contributed by atoms with E-state index in [2.05, 4.69) is 24.2 Å². The van der Waals surface area contributed by atoms with Crippen LogP contribution in [0.3, 0.4) is 0 Å². The Balaban J connectivity index is 1.76. The van der Waals surface area contributed by atoms with E-state index in [-0.39, 0.29) is 17.5 Å². The lowest BCUT2D eigenvalue weighted by molar-refractivity contribution is 0.0743. The fraction of sp³-hybridized carbons (Fsp3) is 0.350. The molecule has 2 aromatic rings. The molecule has 5 nitrogen and oxygen atoms in total. The van der Waals surface area contributed by atoms with E-state index in [1.54, 1.807) is 13.1 Å². The van der Waals surface area contributed by atoms with Gasteiger partial charge in [0.1, 0.15) is 0 Å². The minimum Gasteiger partial charge on any atom is -0.328 e. The Labute approximate surface area is 147 Å². The third-order valence-electron chi connectivity index (χ3n) is 4.56. The van der Waals surface area contributed by atoms with Crippen molar-refractivity contribution in [2.24, 2.45) is 7.05 Å². The highest BCUT2D eigenvalue weighted by Gasteiger charge is 2.25. The predicted molar refractivity (Wildman–Crippen MR) is 98.4 cm³/mol. The van der Waals surface area contributed by atoms with Crippen molar-refractivity contribution >= 4 is 5.91 Å². The standard InChI is InChI=1S/C20H23N3O2/c1-3-4-6-17-7-5-14-23(17)20(25)16-10-8-15(9-11-16)18-12-13-19(24)22(2)21-18/h5,7-13,17H,3-4,6,14H2,1-2H3/t17-/m1/s1. The summed E-state index contributed by atoms with van der Waals surface area (Å²) in [5, 5.41) is 4.24. The van der Waals surface area contributed by atoms with Gasteiger partial charge in [-0.05, 0) is 24.6 Å². The number of unbranched alkanes of at least 4 members (excludes halogenated alkanes) is 1. The number of nitrogens with zero attached hydrogens (tertiary/aromatic N) is 3. The van der Waals surface area contributed by atoms with Crippen LogP contribution in [0.4, 0.5) is 0 Å². The van der Waals surface area contributed by atoms with Crippen molar-refractivity contribution in [2.75, 3.05) is 6.54 Å². The van der Waals surface area contributed by atoms with Crippen molar-refractivity contribution in [3.63, 3.8) is 0 Å². The molecule has 1 atom stereocenters. The first-order chi connectivity index (χ1) is 12.1. The number of benzene rings is 1. The van der Waals surface area contributed by atoms with Crippen LogP contribution in [0.25, 0.3) is 11.3 Å². The second-order valence-corrected chi connectivity index (χ2v) is 6.35. The van der Waals surface area contributed by atoms with Gasteiger partial charge in [-0.1, -0.05) is 44.1 Å². The first-order valence-corrected chi connectivity index (χ1v) is 8.72. The third kappa shape index (κ3) is 3.71. The molecule has 1 amide bonds. The van der Waals surface area contributed by atoms with Crippen LogP contribution < -0.4 is 5.56 Å². The largest absolute Gasteiger partial charge is 0.328 e. The number of aromatic nitrogens is 2. The van der Waals surface area contributed by atoms with Gasteiger partial charge in [-0.25, -0.2) is 4.68 Å². The highest BCUT2D eigenvalue weighted by atomic mass is 16.2. The summed E-state index contributed by atoms with van der Waals surface area (Å²) in [6.45, 7) is 2.84.